The first-order chi connectivity index (χ1) is 6.72. The van der Waals surface area contributed by atoms with Gasteiger partial charge in [-0.25, -0.2) is 4.98 Å². The maximum atomic E-state index is 6.07. The quantitative estimate of drug-likeness (QED) is 0.846. The second-order valence-corrected chi connectivity index (χ2v) is 5.22. The molecule has 3 nitrogen and oxygen atoms in total. The summed E-state index contributed by atoms with van der Waals surface area (Å²) in [6.45, 7) is 4.25. The highest BCUT2D eigenvalue weighted by atomic mass is 35.5. The average molecular weight is 232 g/mol. The first kappa shape index (κ1) is 10.4. The van der Waals surface area contributed by atoms with Crippen molar-refractivity contribution in [2.75, 3.05) is 13.1 Å². The molecule has 2 atom stereocenters. The zero-order valence-electron chi connectivity index (χ0n) is 8.11. The van der Waals surface area contributed by atoms with E-state index in [1.807, 2.05) is 0 Å². The first-order valence-electron chi connectivity index (χ1n) is 4.83. The molecule has 2 N–H and O–H groups in total. The molecule has 1 aliphatic heterocycles. The van der Waals surface area contributed by atoms with Crippen molar-refractivity contribution in [2.45, 2.75) is 25.4 Å². The molecule has 2 heterocycles. The normalized spacial score (nSPS) is 28.5. The maximum absolute atomic E-state index is 6.07. The highest BCUT2D eigenvalue weighted by Crippen LogP contribution is 2.34. The van der Waals surface area contributed by atoms with Crippen LogP contribution >= 0.6 is 22.9 Å². The van der Waals surface area contributed by atoms with Crippen LogP contribution in [0.25, 0.3) is 0 Å². The predicted octanol–water partition coefficient (Wildman–Crippen LogP) is 1.89. The topological polar surface area (TPSA) is 42.1 Å². The van der Waals surface area contributed by atoms with Crippen LogP contribution in [0.2, 0.25) is 4.34 Å². The van der Waals surface area contributed by atoms with E-state index in [1.54, 1.807) is 17.5 Å². The molecule has 2 rings (SSSR count). The van der Waals surface area contributed by atoms with Crippen LogP contribution in [0.15, 0.2) is 6.20 Å². The number of rotatable bonds is 2. The summed E-state index contributed by atoms with van der Waals surface area (Å²) in [6, 6.07) is 0.481. The largest absolute Gasteiger partial charge is 0.326 e. The Kier molecular flexibility index (Phi) is 3.07. The molecule has 1 fully saturated rings. The summed E-state index contributed by atoms with van der Waals surface area (Å²) in [6.07, 6.45) is 2.76. The Hall–Kier alpha value is -0.160. The van der Waals surface area contributed by atoms with E-state index < -0.39 is 0 Å². The third kappa shape index (κ3) is 1.80. The summed E-state index contributed by atoms with van der Waals surface area (Å²) >= 11 is 7.41. The molecule has 5 heteroatoms. The van der Waals surface area contributed by atoms with Gasteiger partial charge in [0.25, 0.3) is 0 Å². The van der Waals surface area contributed by atoms with Crippen molar-refractivity contribution >= 4 is 22.9 Å². The molecule has 1 aromatic rings. The van der Waals surface area contributed by atoms with Gasteiger partial charge >= 0.3 is 0 Å². The molecule has 14 heavy (non-hydrogen) atoms. The van der Waals surface area contributed by atoms with E-state index in [0.717, 1.165) is 28.9 Å². The minimum absolute atomic E-state index is 0.206. The molecule has 0 spiro atoms. The summed E-state index contributed by atoms with van der Waals surface area (Å²) in [5.74, 6) is 0. The van der Waals surface area contributed by atoms with Gasteiger partial charge in [-0.2, -0.15) is 0 Å². The van der Waals surface area contributed by atoms with Gasteiger partial charge in [0.05, 0.1) is 12.2 Å². The molecule has 0 saturated carbocycles. The molecule has 0 aromatic carbocycles. The fourth-order valence-electron chi connectivity index (χ4n) is 1.98. The van der Waals surface area contributed by atoms with Crippen LogP contribution in [0.4, 0.5) is 0 Å². The second kappa shape index (κ2) is 4.14. The van der Waals surface area contributed by atoms with E-state index in [4.69, 9.17) is 17.3 Å². The number of thiazole rings is 1. The third-order valence-corrected chi connectivity index (χ3v) is 3.89. The molecular weight excluding hydrogens is 218 g/mol. The van der Waals surface area contributed by atoms with Gasteiger partial charge in [-0.15, -0.1) is 11.3 Å². The Morgan fingerprint density at radius 2 is 2.57 bits per heavy atom. The van der Waals surface area contributed by atoms with Gasteiger partial charge in [-0.05, 0) is 13.0 Å². The maximum Gasteiger partial charge on any atom is 0.113 e. The van der Waals surface area contributed by atoms with Gasteiger partial charge in [0.15, 0.2) is 0 Å². The van der Waals surface area contributed by atoms with Crippen molar-refractivity contribution in [2.24, 2.45) is 5.73 Å². The van der Waals surface area contributed by atoms with Gasteiger partial charge < -0.3 is 5.73 Å². The highest BCUT2D eigenvalue weighted by molar-refractivity contribution is 7.15. The highest BCUT2D eigenvalue weighted by Gasteiger charge is 2.33. The smallest absolute Gasteiger partial charge is 0.113 e. The molecule has 1 aromatic heterocycles. The van der Waals surface area contributed by atoms with E-state index in [2.05, 4.69) is 16.8 Å². The molecule has 0 bridgehead atoms. The number of hydrogen-bond acceptors (Lipinski definition) is 4. The number of likely N-dealkylation sites (tertiary alicyclic amines) is 1. The molecule has 1 saturated heterocycles. The standard InChI is InChI=1S/C9H14ClN3S/c1-2-13-4-3-6(11)8(13)9-12-5-7(10)14-9/h5-6,8H,2-4,11H2,1H3. The molecule has 78 valence electrons. The van der Waals surface area contributed by atoms with Gasteiger partial charge in [0.2, 0.25) is 0 Å². The lowest BCUT2D eigenvalue weighted by Gasteiger charge is -2.22. The lowest BCUT2D eigenvalue weighted by Crippen LogP contribution is -2.31. The number of hydrogen-bond donors (Lipinski definition) is 1. The SMILES string of the molecule is CCN1CCC(N)C1c1ncc(Cl)s1. The van der Waals surface area contributed by atoms with E-state index in [0.29, 0.717) is 0 Å². The molecule has 0 amide bonds. The zero-order chi connectivity index (χ0) is 10.1. The average Bonchev–Trinajstić information content (AvgIpc) is 2.71. The predicted molar refractivity (Wildman–Crippen MR) is 59.7 cm³/mol. The van der Waals surface area contributed by atoms with Crippen molar-refractivity contribution in [1.82, 2.24) is 9.88 Å². The summed E-state index contributed by atoms with van der Waals surface area (Å²) in [4.78, 5) is 6.67. The molecular formula is C9H14ClN3S. The lowest BCUT2D eigenvalue weighted by molar-refractivity contribution is 0.260. The van der Waals surface area contributed by atoms with E-state index in [9.17, 15) is 0 Å². The minimum atomic E-state index is 0.206. The van der Waals surface area contributed by atoms with Crippen molar-refractivity contribution < 1.29 is 0 Å². The van der Waals surface area contributed by atoms with Gasteiger partial charge in [0.1, 0.15) is 9.34 Å². The van der Waals surface area contributed by atoms with Crippen molar-refractivity contribution in [3.8, 4) is 0 Å². The fraction of sp³-hybridized carbons (Fsp3) is 0.667. The summed E-state index contributed by atoms with van der Waals surface area (Å²) < 4.78 is 0.746. The summed E-state index contributed by atoms with van der Waals surface area (Å²) in [7, 11) is 0. The van der Waals surface area contributed by atoms with Crippen molar-refractivity contribution in [3.63, 3.8) is 0 Å². The zero-order valence-corrected chi connectivity index (χ0v) is 9.68. The van der Waals surface area contributed by atoms with Crippen LogP contribution in [0.5, 0.6) is 0 Å². The van der Waals surface area contributed by atoms with E-state index in [-0.39, 0.29) is 12.1 Å². The van der Waals surface area contributed by atoms with Crippen LogP contribution in [0.1, 0.15) is 24.4 Å². The van der Waals surface area contributed by atoms with Gasteiger partial charge in [0, 0.05) is 12.6 Å². The minimum Gasteiger partial charge on any atom is -0.326 e. The first-order valence-corrected chi connectivity index (χ1v) is 6.02. The van der Waals surface area contributed by atoms with Gasteiger partial charge in [-0.3, -0.25) is 4.90 Å². The Morgan fingerprint density at radius 3 is 3.14 bits per heavy atom. The van der Waals surface area contributed by atoms with Gasteiger partial charge in [-0.1, -0.05) is 18.5 Å². The number of nitrogens with two attached hydrogens (primary N) is 1. The van der Waals surface area contributed by atoms with E-state index >= 15 is 0 Å². The van der Waals surface area contributed by atoms with Crippen LogP contribution in [-0.2, 0) is 0 Å². The third-order valence-electron chi connectivity index (χ3n) is 2.70. The molecule has 2 unspecified atom stereocenters. The Balaban J connectivity index is 2.22. The summed E-state index contributed by atoms with van der Waals surface area (Å²) in [5.41, 5.74) is 6.07. The molecule has 0 aliphatic carbocycles. The van der Waals surface area contributed by atoms with E-state index in [1.165, 1.54) is 0 Å². The summed E-state index contributed by atoms with van der Waals surface area (Å²) in [5, 5.41) is 1.06. The number of nitrogens with zero attached hydrogens (tertiary/aromatic N) is 2. The Labute approximate surface area is 92.9 Å². The Morgan fingerprint density at radius 1 is 1.79 bits per heavy atom. The van der Waals surface area contributed by atoms with Crippen molar-refractivity contribution in [3.05, 3.63) is 15.5 Å². The molecule has 0 radical (unpaired) electrons. The monoisotopic (exact) mass is 231 g/mol. The van der Waals surface area contributed by atoms with Crippen LogP contribution in [-0.4, -0.2) is 29.0 Å². The number of likely N-dealkylation sites (N-methyl/N-ethyl adjacent to an activating group) is 1. The molecule has 1 aliphatic rings. The van der Waals surface area contributed by atoms with Crippen LogP contribution in [0.3, 0.4) is 0 Å². The lowest BCUT2D eigenvalue weighted by atomic mass is 10.1. The van der Waals surface area contributed by atoms with Crippen LogP contribution in [0, 0.1) is 0 Å². The Bertz CT molecular complexity index is 315. The number of halogens is 1. The fourth-order valence-corrected chi connectivity index (χ4v) is 3.12. The van der Waals surface area contributed by atoms with Crippen molar-refractivity contribution in [1.29, 1.82) is 0 Å². The van der Waals surface area contributed by atoms with Crippen LogP contribution < -0.4 is 5.73 Å². The second-order valence-electron chi connectivity index (χ2n) is 3.53. The number of aromatic nitrogens is 1.